The number of ketones is 1. The zero-order valence-electron chi connectivity index (χ0n) is 15.9. The Balaban J connectivity index is 1.78. The van der Waals surface area contributed by atoms with Gasteiger partial charge in [0, 0.05) is 19.4 Å². The first-order chi connectivity index (χ1) is 13.1. The highest BCUT2D eigenvalue weighted by Gasteiger charge is 2.19. The van der Waals surface area contributed by atoms with Crippen LogP contribution >= 0.6 is 0 Å². The third-order valence-corrected chi connectivity index (χ3v) is 4.28. The van der Waals surface area contributed by atoms with Gasteiger partial charge in [0.15, 0.2) is 5.78 Å². The Morgan fingerprint density at radius 2 is 1.70 bits per heavy atom. The molecule has 27 heavy (non-hydrogen) atoms. The fraction of sp³-hybridized carbons (Fsp3) is 0.364. The molecule has 0 unspecified atom stereocenters. The average Bonchev–Trinajstić information content (AvgIpc) is 2.72. The van der Waals surface area contributed by atoms with Crippen molar-refractivity contribution in [1.82, 2.24) is 5.32 Å². The quantitative estimate of drug-likeness (QED) is 0.657. The predicted octanol–water partition coefficient (Wildman–Crippen LogP) is 3.66. The van der Waals surface area contributed by atoms with Gasteiger partial charge in [-0.15, -0.1) is 0 Å². The zero-order valence-corrected chi connectivity index (χ0v) is 15.9. The maximum atomic E-state index is 12.1. The number of Topliss-reactive ketones (excluding diaryl/α,β-unsaturated/α-hetero) is 1. The van der Waals surface area contributed by atoms with E-state index in [1.165, 1.54) is 0 Å². The van der Waals surface area contributed by atoms with E-state index in [1.54, 1.807) is 7.11 Å². The van der Waals surface area contributed by atoms with E-state index in [0.29, 0.717) is 26.0 Å². The Labute approximate surface area is 160 Å². The van der Waals surface area contributed by atoms with Crippen molar-refractivity contribution in [1.29, 1.82) is 0 Å². The van der Waals surface area contributed by atoms with Gasteiger partial charge >= 0.3 is 0 Å². The molecule has 0 radical (unpaired) electrons. The molecule has 2 aromatic carbocycles. The van der Waals surface area contributed by atoms with Gasteiger partial charge < -0.3 is 14.8 Å². The summed E-state index contributed by atoms with van der Waals surface area (Å²) in [5.74, 6) is 0.707. The third-order valence-electron chi connectivity index (χ3n) is 4.28. The highest BCUT2D eigenvalue weighted by Crippen LogP contribution is 2.12. The Morgan fingerprint density at radius 3 is 2.33 bits per heavy atom. The summed E-state index contributed by atoms with van der Waals surface area (Å²) in [5.41, 5.74) is 2.00. The van der Waals surface area contributed by atoms with Crippen molar-refractivity contribution < 1.29 is 19.1 Å². The number of methoxy groups -OCH3 is 1. The van der Waals surface area contributed by atoms with E-state index in [9.17, 15) is 9.59 Å². The maximum absolute atomic E-state index is 12.1. The van der Waals surface area contributed by atoms with Gasteiger partial charge in [-0.2, -0.15) is 0 Å². The summed E-state index contributed by atoms with van der Waals surface area (Å²) in [4.78, 5) is 24.2. The topological polar surface area (TPSA) is 64.6 Å². The van der Waals surface area contributed by atoms with Crippen molar-refractivity contribution in [3.63, 3.8) is 0 Å². The lowest BCUT2D eigenvalue weighted by molar-refractivity contribution is -0.132. The molecular formula is C22H27NO4. The summed E-state index contributed by atoms with van der Waals surface area (Å²) in [6.07, 6.45) is 0.476. The molecule has 0 heterocycles. The summed E-state index contributed by atoms with van der Waals surface area (Å²) >= 11 is 0. The van der Waals surface area contributed by atoms with E-state index in [2.05, 4.69) is 5.32 Å². The van der Waals surface area contributed by atoms with Gasteiger partial charge in [0.2, 0.25) is 5.91 Å². The number of carbonyl (C=O) groups excluding carboxylic acids is 2. The number of carbonyl (C=O) groups is 2. The molecule has 0 aromatic heterocycles. The van der Waals surface area contributed by atoms with Crippen LogP contribution in [0.1, 0.15) is 37.3 Å². The van der Waals surface area contributed by atoms with E-state index >= 15 is 0 Å². The van der Waals surface area contributed by atoms with Crippen LogP contribution < -0.4 is 10.1 Å². The highest BCUT2D eigenvalue weighted by molar-refractivity contribution is 5.84. The monoisotopic (exact) mass is 369 g/mol. The Kier molecular flexibility index (Phi) is 8.52. The maximum Gasteiger partial charge on any atom is 0.220 e. The number of ether oxygens (including phenoxy) is 2. The van der Waals surface area contributed by atoms with Gasteiger partial charge in [0.25, 0.3) is 0 Å². The summed E-state index contributed by atoms with van der Waals surface area (Å²) in [7, 11) is 1.62. The normalized spacial score (nSPS) is 11.6. The molecule has 5 heteroatoms. The second kappa shape index (κ2) is 11.1. The molecule has 1 atom stereocenters. The molecule has 0 aliphatic heterocycles. The van der Waals surface area contributed by atoms with Crippen LogP contribution in [-0.4, -0.2) is 24.9 Å². The summed E-state index contributed by atoms with van der Waals surface area (Å²) in [5, 5.41) is 2.88. The molecule has 1 N–H and O–H groups in total. The van der Waals surface area contributed by atoms with Gasteiger partial charge in [0.1, 0.15) is 11.9 Å². The van der Waals surface area contributed by atoms with E-state index in [-0.39, 0.29) is 18.1 Å². The van der Waals surface area contributed by atoms with Crippen molar-refractivity contribution in [2.24, 2.45) is 0 Å². The van der Waals surface area contributed by atoms with Crippen LogP contribution in [0.2, 0.25) is 0 Å². The largest absolute Gasteiger partial charge is 0.497 e. The number of hydrogen-bond donors (Lipinski definition) is 1. The lowest BCUT2D eigenvalue weighted by atomic mass is 10.1. The van der Waals surface area contributed by atoms with Gasteiger partial charge in [-0.3, -0.25) is 9.59 Å². The molecule has 0 spiro atoms. The van der Waals surface area contributed by atoms with Crippen LogP contribution in [0.5, 0.6) is 5.75 Å². The molecule has 0 fully saturated rings. The van der Waals surface area contributed by atoms with Gasteiger partial charge in [0.05, 0.1) is 13.7 Å². The molecule has 0 saturated carbocycles. The van der Waals surface area contributed by atoms with Crippen molar-refractivity contribution in [3.05, 3.63) is 65.7 Å². The van der Waals surface area contributed by atoms with Crippen molar-refractivity contribution in [3.8, 4) is 5.75 Å². The van der Waals surface area contributed by atoms with Gasteiger partial charge in [-0.25, -0.2) is 0 Å². The Morgan fingerprint density at radius 1 is 1.00 bits per heavy atom. The minimum Gasteiger partial charge on any atom is -0.497 e. The minimum absolute atomic E-state index is 0.0221. The third kappa shape index (κ3) is 7.23. The molecular weight excluding hydrogens is 342 g/mol. The summed E-state index contributed by atoms with van der Waals surface area (Å²) in [6, 6.07) is 17.2. The van der Waals surface area contributed by atoms with Crippen molar-refractivity contribution in [2.45, 2.75) is 45.4 Å². The van der Waals surface area contributed by atoms with E-state index in [1.807, 2.05) is 61.5 Å². The second-order valence-corrected chi connectivity index (χ2v) is 6.27. The second-order valence-electron chi connectivity index (χ2n) is 6.27. The number of benzene rings is 2. The van der Waals surface area contributed by atoms with E-state index in [4.69, 9.17) is 9.47 Å². The summed E-state index contributed by atoms with van der Waals surface area (Å²) < 4.78 is 10.9. The average molecular weight is 369 g/mol. The van der Waals surface area contributed by atoms with E-state index in [0.717, 1.165) is 16.9 Å². The molecule has 144 valence electrons. The SMILES string of the molecule is CCC(=O)[C@H](CCC(=O)NCc1ccc(OC)cc1)OCc1ccccc1. The van der Waals surface area contributed by atoms with Crippen molar-refractivity contribution in [2.75, 3.05) is 7.11 Å². The molecule has 0 aliphatic rings. The van der Waals surface area contributed by atoms with Crippen LogP contribution in [-0.2, 0) is 27.5 Å². The standard InChI is InChI=1S/C22H27NO4/c1-3-20(24)21(27-16-18-7-5-4-6-8-18)13-14-22(25)23-15-17-9-11-19(26-2)12-10-17/h4-12,21H,3,13-16H2,1-2H3,(H,23,25)/t21-/m0/s1. The first-order valence-corrected chi connectivity index (χ1v) is 9.20. The number of rotatable bonds is 11. The lowest BCUT2D eigenvalue weighted by Crippen LogP contribution is -2.28. The molecule has 1 amide bonds. The van der Waals surface area contributed by atoms with E-state index < -0.39 is 6.10 Å². The zero-order chi connectivity index (χ0) is 19.5. The van der Waals surface area contributed by atoms with Gasteiger partial charge in [-0.1, -0.05) is 49.4 Å². The van der Waals surface area contributed by atoms with Crippen molar-refractivity contribution >= 4 is 11.7 Å². The summed E-state index contributed by atoms with van der Waals surface area (Å²) in [6.45, 7) is 2.62. The molecule has 0 bridgehead atoms. The lowest BCUT2D eigenvalue weighted by Gasteiger charge is -2.16. The van der Waals surface area contributed by atoms with Crippen LogP contribution in [0.3, 0.4) is 0 Å². The Bertz CT molecular complexity index is 713. The van der Waals surface area contributed by atoms with Crippen LogP contribution in [0.25, 0.3) is 0 Å². The van der Waals surface area contributed by atoms with Gasteiger partial charge in [-0.05, 0) is 29.7 Å². The fourth-order valence-corrected chi connectivity index (χ4v) is 2.63. The molecule has 5 nitrogen and oxygen atoms in total. The number of hydrogen-bond acceptors (Lipinski definition) is 4. The van der Waals surface area contributed by atoms with Crippen LogP contribution in [0, 0.1) is 0 Å². The fourth-order valence-electron chi connectivity index (χ4n) is 2.63. The molecule has 0 saturated heterocycles. The van der Waals surface area contributed by atoms with Crippen LogP contribution in [0.15, 0.2) is 54.6 Å². The smallest absolute Gasteiger partial charge is 0.220 e. The highest BCUT2D eigenvalue weighted by atomic mass is 16.5. The minimum atomic E-state index is -0.554. The number of amides is 1. The molecule has 2 aromatic rings. The van der Waals surface area contributed by atoms with Crippen LogP contribution in [0.4, 0.5) is 0 Å². The first kappa shape index (κ1) is 20.6. The predicted molar refractivity (Wildman–Crippen MR) is 104 cm³/mol. The molecule has 2 rings (SSSR count). The number of nitrogens with one attached hydrogen (secondary N) is 1. The Hall–Kier alpha value is -2.66. The first-order valence-electron chi connectivity index (χ1n) is 9.20. The molecule has 0 aliphatic carbocycles.